The van der Waals surface area contributed by atoms with Crippen LogP contribution >= 0.6 is 0 Å². The van der Waals surface area contributed by atoms with Gasteiger partial charge < -0.3 is 9.30 Å². The van der Waals surface area contributed by atoms with E-state index in [4.69, 9.17) is 4.74 Å². The molecule has 0 spiro atoms. The lowest BCUT2D eigenvalue weighted by atomic mass is 10.0. The minimum Gasteiger partial charge on any atom is -0.374 e. The Balaban J connectivity index is 1.59. The Kier molecular flexibility index (Phi) is 2.97. The van der Waals surface area contributed by atoms with E-state index in [-0.39, 0.29) is 24.6 Å². The molecule has 3 aromatic rings. The van der Waals surface area contributed by atoms with Gasteiger partial charge in [0.15, 0.2) is 12.0 Å². The maximum atomic E-state index is 14.5. The molecule has 2 aromatic heterocycles. The summed E-state index contributed by atoms with van der Waals surface area (Å²) in [5.41, 5.74) is 0.137. The zero-order valence-electron chi connectivity index (χ0n) is 13.0. The summed E-state index contributed by atoms with van der Waals surface area (Å²) in [5.74, 6) is -0.130. The topological polar surface area (TPSA) is 52.8 Å². The molecule has 8 heteroatoms. The van der Waals surface area contributed by atoms with Crippen molar-refractivity contribution >= 4 is 11.0 Å². The highest BCUT2D eigenvalue weighted by molar-refractivity contribution is 5.83. The zero-order chi connectivity index (χ0) is 17.2. The van der Waals surface area contributed by atoms with Gasteiger partial charge >= 0.3 is 0 Å². The van der Waals surface area contributed by atoms with Crippen LogP contribution in [0.5, 0.6) is 0 Å². The number of nitrogens with zero attached hydrogens (tertiary/aromatic N) is 4. The summed E-state index contributed by atoms with van der Waals surface area (Å²) >= 11 is 0. The van der Waals surface area contributed by atoms with E-state index < -0.39 is 17.7 Å². The molecule has 128 valence electrons. The number of halogens is 3. The third-order valence-corrected chi connectivity index (χ3v) is 4.78. The summed E-state index contributed by atoms with van der Waals surface area (Å²) < 4.78 is 49.2. The molecule has 2 aliphatic rings. The van der Waals surface area contributed by atoms with Gasteiger partial charge in [-0.2, -0.15) is 0 Å². The monoisotopic (exact) mass is 346 g/mol. The number of rotatable bonds is 2. The van der Waals surface area contributed by atoms with Gasteiger partial charge in [-0.05, 0) is 6.07 Å². The van der Waals surface area contributed by atoms with Crippen LogP contribution in [0.4, 0.5) is 13.2 Å². The molecule has 0 aliphatic carbocycles. The van der Waals surface area contributed by atoms with Gasteiger partial charge in [-0.15, -0.1) is 0 Å². The van der Waals surface area contributed by atoms with Crippen LogP contribution in [-0.2, 0) is 17.0 Å². The minimum atomic E-state index is -1.66. The van der Waals surface area contributed by atoms with Crippen molar-refractivity contribution < 1.29 is 17.9 Å². The predicted molar refractivity (Wildman–Crippen MR) is 82.8 cm³/mol. The van der Waals surface area contributed by atoms with E-state index in [1.807, 2.05) is 0 Å². The third-order valence-electron chi connectivity index (χ3n) is 4.78. The average Bonchev–Trinajstić information content (AvgIpc) is 3.11. The summed E-state index contributed by atoms with van der Waals surface area (Å²) in [6.07, 6.45) is 2.05. The van der Waals surface area contributed by atoms with Gasteiger partial charge in [0, 0.05) is 42.6 Å². The van der Waals surface area contributed by atoms with Gasteiger partial charge in [0.05, 0.1) is 24.2 Å². The summed E-state index contributed by atoms with van der Waals surface area (Å²) in [6, 6.07) is 2.91. The smallest absolute Gasteiger partial charge is 0.215 e. The van der Waals surface area contributed by atoms with Crippen molar-refractivity contribution in [1.82, 2.24) is 19.5 Å². The van der Waals surface area contributed by atoms with E-state index in [9.17, 15) is 13.2 Å². The second kappa shape index (κ2) is 5.01. The number of imidazole rings is 1. The van der Waals surface area contributed by atoms with Crippen LogP contribution in [0.3, 0.4) is 0 Å². The van der Waals surface area contributed by atoms with Crippen molar-refractivity contribution in [3.63, 3.8) is 0 Å². The van der Waals surface area contributed by atoms with Crippen molar-refractivity contribution in [2.24, 2.45) is 0 Å². The molecule has 25 heavy (non-hydrogen) atoms. The highest BCUT2D eigenvalue weighted by Gasteiger charge is 2.43. The van der Waals surface area contributed by atoms with Gasteiger partial charge in [-0.25, -0.2) is 28.1 Å². The van der Waals surface area contributed by atoms with Crippen LogP contribution < -0.4 is 0 Å². The Bertz CT molecular complexity index is 982. The average molecular weight is 346 g/mol. The molecular weight excluding hydrogens is 333 g/mol. The lowest BCUT2D eigenvalue weighted by molar-refractivity contribution is -0.140. The maximum absolute atomic E-state index is 14.5. The van der Waals surface area contributed by atoms with E-state index in [0.717, 1.165) is 0 Å². The van der Waals surface area contributed by atoms with Gasteiger partial charge in [0.25, 0.3) is 0 Å². The fraction of sp³-hybridized carbons (Fsp3) is 0.353. The Hall–Kier alpha value is -2.48. The van der Waals surface area contributed by atoms with Crippen molar-refractivity contribution in [3.8, 4) is 11.1 Å². The number of fused-ring (bicyclic) bond motifs is 3. The first-order valence-electron chi connectivity index (χ1n) is 7.98. The lowest BCUT2D eigenvalue weighted by Crippen LogP contribution is -2.43. The fourth-order valence-corrected chi connectivity index (χ4v) is 3.34. The van der Waals surface area contributed by atoms with Gasteiger partial charge in [0.2, 0.25) is 5.67 Å². The predicted octanol–water partition coefficient (Wildman–Crippen LogP) is 3.24. The van der Waals surface area contributed by atoms with Crippen LogP contribution in [0.1, 0.15) is 24.2 Å². The van der Waals surface area contributed by atoms with E-state index in [2.05, 4.69) is 15.0 Å². The second-order valence-corrected chi connectivity index (χ2v) is 6.45. The van der Waals surface area contributed by atoms with Crippen LogP contribution in [0.25, 0.3) is 22.2 Å². The molecular formula is C17H13F3N4O. The molecule has 1 saturated heterocycles. The first-order chi connectivity index (χ1) is 12.0. The molecule has 5 nitrogen and oxygen atoms in total. The first kappa shape index (κ1) is 14.8. The molecule has 0 bridgehead atoms. The van der Waals surface area contributed by atoms with Crippen LogP contribution in [0, 0.1) is 5.82 Å². The Morgan fingerprint density at radius 1 is 1.20 bits per heavy atom. The fourth-order valence-electron chi connectivity index (χ4n) is 3.34. The normalized spacial score (nSPS) is 21.3. The van der Waals surface area contributed by atoms with Crippen molar-refractivity contribution in [2.45, 2.75) is 24.8 Å². The molecule has 1 atom stereocenters. The molecule has 0 N–H and O–H groups in total. The van der Waals surface area contributed by atoms with Crippen molar-refractivity contribution in [2.75, 3.05) is 13.2 Å². The molecule has 0 amide bonds. The molecule has 0 unspecified atom stereocenters. The Morgan fingerprint density at radius 3 is 2.64 bits per heavy atom. The lowest BCUT2D eigenvalue weighted by Gasteiger charge is -2.31. The standard InChI is InChI=1S/C17H13F3N4O/c18-11-1-2-24-14-3-10(12(19)4-13(14)23-15(11)24)9-5-21-16(22-6-9)17(20)7-25-8-17/h3-6,11H,1-2,7-8H2/t11-/m1/s1. The summed E-state index contributed by atoms with van der Waals surface area (Å²) in [5, 5.41) is 0. The summed E-state index contributed by atoms with van der Waals surface area (Å²) in [6.45, 7) is 0.371. The number of hydrogen-bond donors (Lipinski definition) is 0. The highest BCUT2D eigenvalue weighted by atomic mass is 19.1. The van der Waals surface area contributed by atoms with E-state index in [0.29, 0.717) is 35.4 Å². The molecule has 0 radical (unpaired) electrons. The van der Waals surface area contributed by atoms with Gasteiger partial charge in [-0.1, -0.05) is 0 Å². The SMILES string of the molecule is Fc1cc2nc3n(c2cc1-c1cnc(C2(F)COC2)nc1)CC[C@H]3F. The van der Waals surface area contributed by atoms with Gasteiger partial charge in [-0.3, -0.25) is 0 Å². The molecule has 4 heterocycles. The summed E-state index contributed by atoms with van der Waals surface area (Å²) in [7, 11) is 0. The number of ether oxygens (including phenoxy) is 1. The quantitative estimate of drug-likeness (QED) is 0.715. The van der Waals surface area contributed by atoms with E-state index in [1.165, 1.54) is 18.5 Å². The Labute approximate surface area is 140 Å². The maximum Gasteiger partial charge on any atom is 0.215 e. The first-order valence-corrected chi connectivity index (χ1v) is 7.98. The molecule has 5 rings (SSSR count). The van der Waals surface area contributed by atoms with Crippen LogP contribution in [0.2, 0.25) is 0 Å². The largest absolute Gasteiger partial charge is 0.374 e. The highest BCUT2D eigenvalue weighted by Crippen LogP contribution is 2.36. The second-order valence-electron chi connectivity index (χ2n) is 6.45. The number of hydrogen-bond acceptors (Lipinski definition) is 4. The number of aromatic nitrogens is 4. The minimum absolute atomic E-state index is 0.0366. The number of benzene rings is 1. The molecule has 1 aromatic carbocycles. The van der Waals surface area contributed by atoms with Crippen molar-refractivity contribution in [3.05, 3.63) is 42.0 Å². The van der Waals surface area contributed by atoms with Crippen LogP contribution in [0.15, 0.2) is 24.5 Å². The van der Waals surface area contributed by atoms with Crippen LogP contribution in [-0.4, -0.2) is 32.7 Å². The molecule has 0 saturated carbocycles. The van der Waals surface area contributed by atoms with E-state index in [1.54, 1.807) is 10.6 Å². The summed E-state index contributed by atoms with van der Waals surface area (Å²) in [4.78, 5) is 12.2. The molecule has 1 fully saturated rings. The number of alkyl halides is 2. The van der Waals surface area contributed by atoms with Gasteiger partial charge in [0.1, 0.15) is 11.6 Å². The van der Waals surface area contributed by atoms with Crippen molar-refractivity contribution in [1.29, 1.82) is 0 Å². The number of aryl methyl sites for hydroxylation is 1. The molecule has 2 aliphatic heterocycles. The Morgan fingerprint density at radius 2 is 1.96 bits per heavy atom. The van der Waals surface area contributed by atoms with E-state index >= 15 is 0 Å². The zero-order valence-corrected chi connectivity index (χ0v) is 13.0. The third kappa shape index (κ3) is 2.10.